The average molecular weight is 547 g/mol. The third-order valence-corrected chi connectivity index (χ3v) is 6.74. The first-order chi connectivity index (χ1) is 19.4. The summed E-state index contributed by atoms with van der Waals surface area (Å²) < 4.78 is 39.6. The smallest absolute Gasteiger partial charge is 0.358 e. The van der Waals surface area contributed by atoms with E-state index in [4.69, 9.17) is 9.47 Å². The zero-order valence-electron chi connectivity index (χ0n) is 22.1. The molecule has 8 nitrogen and oxygen atoms in total. The predicted molar refractivity (Wildman–Crippen MR) is 146 cm³/mol. The molecule has 2 heterocycles. The van der Waals surface area contributed by atoms with Crippen molar-refractivity contribution >= 4 is 17.6 Å². The quantitative estimate of drug-likeness (QED) is 0.305. The van der Waals surface area contributed by atoms with E-state index < -0.39 is 17.6 Å². The maximum atomic E-state index is 14.1. The molecule has 4 aromatic rings. The molecule has 1 saturated heterocycles. The number of aromatic nitrogens is 2. The van der Waals surface area contributed by atoms with Crippen LogP contribution >= 0.6 is 0 Å². The molecule has 0 aliphatic carbocycles. The summed E-state index contributed by atoms with van der Waals surface area (Å²) in [5.74, 6) is -1.66. The number of piperazine rings is 1. The number of esters is 1. The Morgan fingerprint density at radius 3 is 2.30 bits per heavy atom. The van der Waals surface area contributed by atoms with Gasteiger partial charge in [-0.1, -0.05) is 18.2 Å². The highest BCUT2D eigenvalue weighted by Gasteiger charge is 2.24. The van der Waals surface area contributed by atoms with Gasteiger partial charge >= 0.3 is 5.97 Å². The molecule has 3 aromatic carbocycles. The van der Waals surface area contributed by atoms with Gasteiger partial charge in [0.15, 0.2) is 17.3 Å². The lowest BCUT2D eigenvalue weighted by Crippen LogP contribution is -2.48. The molecule has 1 aliphatic heterocycles. The van der Waals surface area contributed by atoms with Crippen LogP contribution in [0.3, 0.4) is 0 Å². The summed E-state index contributed by atoms with van der Waals surface area (Å²) in [5, 5.41) is 4.39. The van der Waals surface area contributed by atoms with Gasteiger partial charge in [0.05, 0.1) is 25.1 Å². The topological polar surface area (TPSA) is 76.9 Å². The number of rotatable bonds is 7. The molecule has 0 unspecified atom stereocenters. The first kappa shape index (κ1) is 26.9. The second-order valence-electron chi connectivity index (χ2n) is 9.20. The minimum absolute atomic E-state index is 0.0981. The Morgan fingerprint density at radius 1 is 0.900 bits per heavy atom. The van der Waals surface area contributed by atoms with Crippen molar-refractivity contribution in [2.75, 3.05) is 44.8 Å². The van der Waals surface area contributed by atoms with Crippen molar-refractivity contribution in [3.05, 3.63) is 95.7 Å². The van der Waals surface area contributed by atoms with Crippen LogP contribution in [0.1, 0.15) is 27.8 Å². The molecule has 1 aliphatic rings. The Labute approximate surface area is 230 Å². The van der Waals surface area contributed by atoms with Crippen molar-refractivity contribution in [1.82, 2.24) is 14.7 Å². The average Bonchev–Trinajstić information content (AvgIpc) is 3.43. The Balaban J connectivity index is 1.32. The molecule has 0 spiro atoms. The number of halogens is 2. The van der Waals surface area contributed by atoms with Crippen molar-refractivity contribution in [3.8, 4) is 22.7 Å². The number of methoxy groups -OCH3 is 1. The fourth-order valence-corrected chi connectivity index (χ4v) is 4.69. The van der Waals surface area contributed by atoms with E-state index in [1.807, 2.05) is 24.3 Å². The van der Waals surface area contributed by atoms with Gasteiger partial charge in [0, 0.05) is 43.0 Å². The van der Waals surface area contributed by atoms with Crippen LogP contribution in [0.4, 0.5) is 14.5 Å². The Kier molecular flexibility index (Phi) is 7.77. The first-order valence-electron chi connectivity index (χ1n) is 12.9. The van der Waals surface area contributed by atoms with Gasteiger partial charge in [-0.25, -0.2) is 18.3 Å². The zero-order valence-corrected chi connectivity index (χ0v) is 22.1. The fourth-order valence-electron chi connectivity index (χ4n) is 4.69. The van der Waals surface area contributed by atoms with Crippen molar-refractivity contribution < 1.29 is 27.8 Å². The van der Waals surface area contributed by atoms with E-state index in [-0.39, 0.29) is 29.5 Å². The van der Waals surface area contributed by atoms with E-state index in [1.165, 1.54) is 36.1 Å². The third-order valence-electron chi connectivity index (χ3n) is 6.74. The highest BCUT2D eigenvalue weighted by molar-refractivity contribution is 5.94. The molecule has 206 valence electrons. The molecule has 1 fully saturated rings. The molecule has 5 rings (SSSR count). The summed E-state index contributed by atoms with van der Waals surface area (Å²) in [4.78, 5) is 29.1. The van der Waals surface area contributed by atoms with Crippen LogP contribution in [-0.2, 0) is 4.74 Å². The van der Waals surface area contributed by atoms with Crippen LogP contribution in [0.25, 0.3) is 16.9 Å². The van der Waals surface area contributed by atoms with E-state index in [9.17, 15) is 18.4 Å². The van der Waals surface area contributed by atoms with Gasteiger partial charge in [-0.3, -0.25) is 4.79 Å². The maximum Gasteiger partial charge on any atom is 0.358 e. The van der Waals surface area contributed by atoms with E-state index in [1.54, 1.807) is 36.1 Å². The molecule has 0 N–H and O–H groups in total. The van der Waals surface area contributed by atoms with Crippen LogP contribution in [0.5, 0.6) is 5.75 Å². The van der Waals surface area contributed by atoms with Gasteiger partial charge in [0.25, 0.3) is 5.91 Å². The first-order valence-corrected chi connectivity index (χ1v) is 12.9. The second kappa shape index (κ2) is 11.6. The molecule has 1 amide bonds. The SMILES string of the molecule is CCOC(=O)c1cc(-c2ccc(N3CCN(C(=O)c4ccc(OC)c(F)c4)CC3)cc2)n(-c2cccc(F)c2)n1. The molecule has 40 heavy (non-hydrogen) atoms. The van der Waals surface area contributed by atoms with Gasteiger partial charge in [0.2, 0.25) is 0 Å². The molecule has 0 atom stereocenters. The largest absolute Gasteiger partial charge is 0.494 e. The molecule has 0 radical (unpaired) electrons. The standard InChI is InChI=1S/C30H28F2N4O4/c1-3-40-30(38)26-19-27(36(33-26)24-6-4-5-22(31)18-24)20-7-10-23(11-8-20)34-13-15-35(16-14-34)29(37)21-9-12-28(39-2)25(32)17-21/h4-12,17-19H,3,13-16H2,1-2H3. The lowest BCUT2D eigenvalue weighted by molar-refractivity contribution is 0.0518. The highest BCUT2D eigenvalue weighted by Crippen LogP contribution is 2.28. The summed E-state index contributed by atoms with van der Waals surface area (Å²) in [5.41, 5.74) is 3.26. The van der Waals surface area contributed by atoms with E-state index in [0.717, 1.165) is 11.3 Å². The molecule has 10 heteroatoms. The fraction of sp³-hybridized carbons (Fsp3) is 0.233. The summed E-state index contributed by atoms with van der Waals surface area (Å²) in [6, 6.07) is 19.6. The van der Waals surface area contributed by atoms with Crippen LogP contribution in [0.15, 0.2) is 72.8 Å². The monoisotopic (exact) mass is 546 g/mol. The number of anilines is 1. The Morgan fingerprint density at radius 2 is 1.65 bits per heavy atom. The number of ether oxygens (including phenoxy) is 2. The molecule has 0 bridgehead atoms. The van der Waals surface area contributed by atoms with Gasteiger partial charge in [-0.15, -0.1) is 0 Å². The number of carbonyl (C=O) groups is 2. The van der Waals surface area contributed by atoms with E-state index >= 15 is 0 Å². The van der Waals surface area contributed by atoms with Crippen molar-refractivity contribution in [1.29, 1.82) is 0 Å². The van der Waals surface area contributed by atoms with Crippen molar-refractivity contribution in [2.24, 2.45) is 0 Å². The van der Waals surface area contributed by atoms with Crippen LogP contribution in [0, 0.1) is 11.6 Å². The molecule has 1 aromatic heterocycles. The van der Waals surface area contributed by atoms with Gasteiger partial charge in [-0.2, -0.15) is 5.10 Å². The number of benzene rings is 3. The Bertz CT molecular complexity index is 1530. The molecular weight excluding hydrogens is 518 g/mol. The predicted octanol–water partition coefficient (Wildman–Crippen LogP) is 4.97. The molecule has 0 saturated carbocycles. The van der Waals surface area contributed by atoms with Gasteiger partial charge < -0.3 is 19.3 Å². The number of amides is 1. The number of hydrogen-bond donors (Lipinski definition) is 0. The third kappa shape index (κ3) is 5.51. The zero-order chi connectivity index (χ0) is 28.2. The van der Waals surface area contributed by atoms with Crippen molar-refractivity contribution in [2.45, 2.75) is 6.92 Å². The summed E-state index contributed by atoms with van der Waals surface area (Å²) >= 11 is 0. The van der Waals surface area contributed by atoms with Crippen LogP contribution < -0.4 is 9.64 Å². The second-order valence-corrected chi connectivity index (χ2v) is 9.20. The van der Waals surface area contributed by atoms with Crippen LogP contribution in [-0.4, -0.2) is 66.5 Å². The van der Waals surface area contributed by atoms with Gasteiger partial charge in [0.1, 0.15) is 5.82 Å². The summed E-state index contributed by atoms with van der Waals surface area (Å²) in [6.45, 7) is 4.13. The highest BCUT2D eigenvalue weighted by atomic mass is 19.1. The number of carbonyl (C=O) groups excluding carboxylic acids is 2. The number of nitrogens with zero attached hydrogens (tertiary/aromatic N) is 4. The molecular formula is C30H28F2N4O4. The van der Waals surface area contributed by atoms with E-state index in [0.29, 0.717) is 37.6 Å². The minimum atomic E-state index is -0.569. The Hall–Kier alpha value is -4.73. The number of hydrogen-bond acceptors (Lipinski definition) is 6. The lowest BCUT2D eigenvalue weighted by Gasteiger charge is -2.36. The van der Waals surface area contributed by atoms with Crippen molar-refractivity contribution in [3.63, 3.8) is 0 Å². The minimum Gasteiger partial charge on any atom is -0.494 e. The summed E-state index contributed by atoms with van der Waals surface area (Å²) in [7, 11) is 1.38. The van der Waals surface area contributed by atoms with Gasteiger partial charge in [-0.05, 0) is 61.5 Å². The van der Waals surface area contributed by atoms with Crippen LogP contribution in [0.2, 0.25) is 0 Å². The lowest BCUT2D eigenvalue weighted by atomic mass is 10.1. The normalized spacial score (nSPS) is 13.3. The maximum absolute atomic E-state index is 14.1. The van der Waals surface area contributed by atoms with E-state index in [2.05, 4.69) is 10.00 Å². The summed E-state index contributed by atoms with van der Waals surface area (Å²) in [6.07, 6.45) is 0.